The number of nitrogens with one attached hydrogen (secondary N) is 1. The summed E-state index contributed by atoms with van der Waals surface area (Å²) in [6.45, 7) is 0. The van der Waals surface area contributed by atoms with E-state index in [2.05, 4.69) is 9.71 Å². The normalized spacial score (nSPS) is 11.5. The zero-order valence-electron chi connectivity index (χ0n) is 13.0. The van der Waals surface area contributed by atoms with Crippen molar-refractivity contribution in [2.24, 2.45) is 7.05 Å². The maximum atomic E-state index is 14.1. The fourth-order valence-corrected chi connectivity index (χ4v) is 4.45. The number of hydrogen-bond donors (Lipinski definition) is 1. The molecule has 3 aromatic rings. The van der Waals surface area contributed by atoms with Gasteiger partial charge in [0.25, 0.3) is 10.0 Å². The number of benzene rings is 2. The minimum atomic E-state index is -4.13. The van der Waals surface area contributed by atoms with Gasteiger partial charge in [-0.3, -0.25) is 4.72 Å². The summed E-state index contributed by atoms with van der Waals surface area (Å²) < 4.78 is 43.4. The van der Waals surface area contributed by atoms with E-state index >= 15 is 0 Å². The van der Waals surface area contributed by atoms with Crippen molar-refractivity contribution in [3.05, 3.63) is 65.7 Å². The molecule has 0 saturated heterocycles. The third-order valence-electron chi connectivity index (χ3n) is 3.32. The molecule has 0 unspecified atom stereocenters. The quantitative estimate of drug-likeness (QED) is 0.702. The Balaban J connectivity index is 1.95. The molecular formula is C16H13ClFN3O2S2. The molecule has 0 amide bonds. The smallest absolute Gasteiger partial charge is 0.264 e. The Morgan fingerprint density at radius 3 is 2.68 bits per heavy atom. The van der Waals surface area contributed by atoms with Gasteiger partial charge in [-0.25, -0.2) is 17.8 Å². The molecule has 0 aliphatic heterocycles. The standard InChI is InChI=1S/C16H13ClFN3O2S2/c1-21-10-9-19-16(21)24-13-7-3-2-6-12(13)20-25(22,23)14-8-4-5-11(17)15(14)18/h2-10,20H,1H3. The second-order valence-electron chi connectivity index (χ2n) is 5.08. The maximum Gasteiger partial charge on any atom is 0.264 e. The molecule has 25 heavy (non-hydrogen) atoms. The zero-order valence-corrected chi connectivity index (χ0v) is 15.4. The summed E-state index contributed by atoms with van der Waals surface area (Å²) >= 11 is 6.98. The van der Waals surface area contributed by atoms with Crippen molar-refractivity contribution >= 4 is 39.1 Å². The van der Waals surface area contributed by atoms with Crippen LogP contribution in [0.1, 0.15) is 0 Å². The minimum Gasteiger partial charge on any atom is -0.329 e. The van der Waals surface area contributed by atoms with Crippen LogP contribution >= 0.6 is 23.4 Å². The van der Waals surface area contributed by atoms with Crippen LogP contribution in [0.2, 0.25) is 5.02 Å². The van der Waals surface area contributed by atoms with Gasteiger partial charge in [0.2, 0.25) is 0 Å². The second-order valence-corrected chi connectivity index (χ2v) is 8.14. The number of hydrogen-bond acceptors (Lipinski definition) is 4. The maximum absolute atomic E-state index is 14.1. The van der Waals surface area contributed by atoms with Gasteiger partial charge in [-0.1, -0.05) is 29.8 Å². The van der Waals surface area contributed by atoms with Gasteiger partial charge in [-0.15, -0.1) is 0 Å². The number of anilines is 1. The topological polar surface area (TPSA) is 64.0 Å². The first-order valence-corrected chi connectivity index (χ1v) is 9.77. The fourth-order valence-electron chi connectivity index (χ4n) is 2.08. The molecule has 3 rings (SSSR count). The molecule has 1 N–H and O–H groups in total. The first-order valence-electron chi connectivity index (χ1n) is 7.09. The van der Waals surface area contributed by atoms with Crippen LogP contribution < -0.4 is 4.72 Å². The first kappa shape index (κ1) is 17.8. The van der Waals surface area contributed by atoms with Gasteiger partial charge < -0.3 is 4.57 Å². The Kier molecular flexibility index (Phi) is 5.03. The van der Waals surface area contributed by atoms with E-state index in [-0.39, 0.29) is 5.02 Å². The van der Waals surface area contributed by atoms with Gasteiger partial charge in [0, 0.05) is 24.3 Å². The van der Waals surface area contributed by atoms with Crippen LogP contribution in [0, 0.1) is 5.82 Å². The Hall–Kier alpha value is -2.03. The number of halogens is 2. The minimum absolute atomic E-state index is 0.251. The predicted molar refractivity (Wildman–Crippen MR) is 96.0 cm³/mol. The molecule has 5 nitrogen and oxygen atoms in total. The molecule has 0 radical (unpaired) electrons. The SMILES string of the molecule is Cn1ccnc1Sc1ccccc1NS(=O)(=O)c1cccc(Cl)c1F. The molecule has 0 bridgehead atoms. The van der Waals surface area contributed by atoms with E-state index in [9.17, 15) is 12.8 Å². The highest BCUT2D eigenvalue weighted by Gasteiger charge is 2.22. The number of imidazole rings is 1. The largest absolute Gasteiger partial charge is 0.329 e. The van der Waals surface area contributed by atoms with Crippen molar-refractivity contribution in [3.63, 3.8) is 0 Å². The van der Waals surface area contributed by atoms with Crippen molar-refractivity contribution in [1.82, 2.24) is 9.55 Å². The molecular weight excluding hydrogens is 385 g/mol. The number of para-hydroxylation sites is 1. The third kappa shape index (κ3) is 3.81. The van der Waals surface area contributed by atoms with E-state index in [1.54, 1.807) is 36.7 Å². The Morgan fingerprint density at radius 2 is 1.96 bits per heavy atom. The van der Waals surface area contributed by atoms with Gasteiger partial charge in [-0.2, -0.15) is 0 Å². The van der Waals surface area contributed by atoms with Crippen molar-refractivity contribution in [1.29, 1.82) is 0 Å². The van der Waals surface area contributed by atoms with E-state index in [1.807, 2.05) is 11.6 Å². The Morgan fingerprint density at radius 1 is 1.20 bits per heavy atom. The highest BCUT2D eigenvalue weighted by atomic mass is 35.5. The zero-order chi connectivity index (χ0) is 18.0. The summed E-state index contributed by atoms with van der Waals surface area (Å²) in [6.07, 6.45) is 3.44. The molecule has 0 aliphatic carbocycles. The van der Waals surface area contributed by atoms with E-state index in [4.69, 9.17) is 11.6 Å². The van der Waals surface area contributed by atoms with Crippen LogP contribution in [0.15, 0.2) is 69.8 Å². The van der Waals surface area contributed by atoms with Crippen molar-refractivity contribution in [2.75, 3.05) is 4.72 Å². The lowest BCUT2D eigenvalue weighted by Crippen LogP contribution is -2.15. The summed E-state index contributed by atoms with van der Waals surface area (Å²) in [4.78, 5) is 4.34. The lowest BCUT2D eigenvalue weighted by Gasteiger charge is -2.13. The number of nitrogens with zero attached hydrogens (tertiary/aromatic N) is 2. The summed E-state index contributed by atoms with van der Waals surface area (Å²) in [5, 5.41) is 0.444. The molecule has 0 saturated carbocycles. The molecule has 0 spiro atoms. The van der Waals surface area contributed by atoms with Crippen LogP contribution in [0.4, 0.5) is 10.1 Å². The summed E-state index contributed by atoms with van der Waals surface area (Å²) in [7, 11) is -2.29. The van der Waals surface area contributed by atoms with E-state index in [0.29, 0.717) is 15.7 Å². The van der Waals surface area contributed by atoms with Gasteiger partial charge >= 0.3 is 0 Å². The van der Waals surface area contributed by atoms with Crippen LogP contribution in [-0.2, 0) is 17.1 Å². The van der Waals surface area contributed by atoms with E-state index in [0.717, 1.165) is 6.07 Å². The molecule has 130 valence electrons. The molecule has 1 heterocycles. The average Bonchev–Trinajstić information content (AvgIpc) is 2.96. The number of aromatic nitrogens is 2. The number of sulfonamides is 1. The summed E-state index contributed by atoms with van der Waals surface area (Å²) in [5.74, 6) is -0.981. The predicted octanol–water partition coefficient (Wildman–Crippen LogP) is 4.16. The van der Waals surface area contributed by atoms with Gasteiger partial charge in [0.1, 0.15) is 4.90 Å². The molecule has 2 aromatic carbocycles. The Bertz CT molecular complexity index is 1020. The third-order valence-corrected chi connectivity index (χ3v) is 6.14. The highest BCUT2D eigenvalue weighted by molar-refractivity contribution is 7.99. The van der Waals surface area contributed by atoms with E-state index < -0.39 is 20.7 Å². The summed E-state index contributed by atoms with van der Waals surface area (Å²) in [6, 6.07) is 10.7. The number of aryl methyl sites for hydroxylation is 1. The van der Waals surface area contributed by atoms with Crippen molar-refractivity contribution < 1.29 is 12.8 Å². The first-order chi connectivity index (χ1) is 11.9. The molecule has 1 aromatic heterocycles. The van der Waals surface area contributed by atoms with Gasteiger partial charge in [0.15, 0.2) is 11.0 Å². The monoisotopic (exact) mass is 397 g/mol. The highest BCUT2D eigenvalue weighted by Crippen LogP contribution is 2.34. The van der Waals surface area contributed by atoms with Gasteiger partial charge in [-0.05, 0) is 36.0 Å². The fraction of sp³-hybridized carbons (Fsp3) is 0.0625. The van der Waals surface area contributed by atoms with Gasteiger partial charge in [0.05, 0.1) is 10.7 Å². The average molecular weight is 398 g/mol. The second kappa shape index (κ2) is 7.07. The van der Waals surface area contributed by atoms with Crippen LogP contribution in [0.3, 0.4) is 0 Å². The van der Waals surface area contributed by atoms with Crippen molar-refractivity contribution in [3.8, 4) is 0 Å². The lowest BCUT2D eigenvalue weighted by molar-refractivity contribution is 0.570. The van der Waals surface area contributed by atoms with Crippen LogP contribution in [0.25, 0.3) is 0 Å². The Labute approximate surface area is 153 Å². The number of rotatable bonds is 5. The molecule has 0 atom stereocenters. The van der Waals surface area contributed by atoms with Crippen LogP contribution in [0.5, 0.6) is 0 Å². The lowest BCUT2D eigenvalue weighted by atomic mass is 10.3. The molecule has 0 aliphatic rings. The summed E-state index contributed by atoms with van der Waals surface area (Å²) in [5.41, 5.74) is 0.329. The van der Waals surface area contributed by atoms with Crippen molar-refractivity contribution in [2.45, 2.75) is 14.9 Å². The van der Waals surface area contributed by atoms with E-state index in [1.165, 1.54) is 23.9 Å². The molecule has 9 heteroatoms. The molecule has 0 fully saturated rings. The van der Waals surface area contributed by atoms with Crippen LogP contribution in [-0.4, -0.2) is 18.0 Å².